The Morgan fingerprint density at radius 1 is 1.64 bits per heavy atom. The summed E-state index contributed by atoms with van der Waals surface area (Å²) >= 11 is 0. The van der Waals surface area contributed by atoms with Gasteiger partial charge < -0.3 is 10.5 Å². The van der Waals surface area contributed by atoms with Gasteiger partial charge in [-0.15, -0.1) is 0 Å². The Kier molecular flexibility index (Phi) is 4.49. The Morgan fingerprint density at radius 3 is 3.07 bits per heavy atom. The highest BCUT2D eigenvalue weighted by Gasteiger charge is 2.11. The van der Waals surface area contributed by atoms with E-state index in [2.05, 4.69) is 4.98 Å². The van der Waals surface area contributed by atoms with Crippen LogP contribution in [0.1, 0.15) is 25.1 Å². The molecule has 78 valence electrons. The molecule has 0 aliphatic heterocycles. The third-order valence-corrected chi connectivity index (χ3v) is 1.78. The monoisotopic (exact) mass is 198 g/mol. The minimum Gasteiger partial charge on any atom is -0.379 e. The molecule has 0 aliphatic carbocycles. The van der Waals surface area contributed by atoms with E-state index in [-0.39, 0.29) is 11.5 Å². The molecule has 1 heterocycles. The zero-order valence-corrected chi connectivity index (χ0v) is 8.24. The molecule has 0 amide bonds. The Morgan fingerprint density at radius 2 is 2.43 bits per heavy atom. The molecule has 4 heteroatoms. The molecule has 1 unspecified atom stereocenters. The van der Waals surface area contributed by atoms with E-state index >= 15 is 0 Å². The van der Waals surface area contributed by atoms with Crippen molar-refractivity contribution in [2.75, 3.05) is 13.2 Å². The molecular formula is C10H15FN2O. The Balaban J connectivity index is 2.51. The first-order valence-electron chi connectivity index (χ1n) is 4.69. The van der Waals surface area contributed by atoms with Gasteiger partial charge in [-0.2, -0.15) is 0 Å². The van der Waals surface area contributed by atoms with Crippen molar-refractivity contribution in [2.24, 2.45) is 5.73 Å². The number of ether oxygens (including phenoxy) is 1. The van der Waals surface area contributed by atoms with Crippen LogP contribution >= 0.6 is 0 Å². The molecule has 0 fully saturated rings. The average molecular weight is 198 g/mol. The lowest BCUT2D eigenvalue weighted by Gasteiger charge is -2.11. The van der Waals surface area contributed by atoms with E-state index in [1.807, 2.05) is 6.92 Å². The quantitative estimate of drug-likeness (QED) is 0.732. The Labute approximate surface area is 83.1 Å². The number of hydrogen-bond donors (Lipinski definition) is 1. The lowest BCUT2D eigenvalue weighted by atomic mass is 10.2. The van der Waals surface area contributed by atoms with E-state index in [1.54, 1.807) is 6.07 Å². The van der Waals surface area contributed by atoms with E-state index in [0.29, 0.717) is 13.2 Å². The summed E-state index contributed by atoms with van der Waals surface area (Å²) in [5.41, 5.74) is 5.98. The second-order valence-electron chi connectivity index (χ2n) is 3.05. The molecule has 0 saturated carbocycles. The van der Waals surface area contributed by atoms with Crippen molar-refractivity contribution in [3.05, 3.63) is 29.8 Å². The molecule has 3 nitrogen and oxygen atoms in total. The van der Waals surface area contributed by atoms with Gasteiger partial charge in [-0.25, -0.2) is 4.39 Å². The summed E-state index contributed by atoms with van der Waals surface area (Å²) in [6.45, 7) is 2.96. The van der Waals surface area contributed by atoms with Crippen LogP contribution in [-0.2, 0) is 4.74 Å². The van der Waals surface area contributed by atoms with E-state index < -0.39 is 6.04 Å². The smallest absolute Gasteiger partial charge is 0.146 e. The van der Waals surface area contributed by atoms with Gasteiger partial charge in [0.2, 0.25) is 0 Å². The van der Waals surface area contributed by atoms with E-state index in [0.717, 1.165) is 6.42 Å². The molecule has 0 radical (unpaired) electrons. The molecule has 1 rings (SSSR count). The van der Waals surface area contributed by atoms with Crippen molar-refractivity contribution < 1.29 is 9.13 Å². The fraction of sp³-hybridized carbons (Fsp3) is 0.500. The first kappa shape index (κ1) is 11.1. The molecule has 1 aromatic heterocycles. The number of aromatic nitrogens is 1. The van der Waals surface area contributed by atoms with Gasteiger partial charge in [-0.1, -0.05) is 6.92 Å². The fourth-order valence-electron chi connectivity index (χ4n) is 1.10. The van der Waals surface area contributed by atoms with Crippen molar-refractivity contribution in [1.29, 1.82) is 0 Å². The van der Waals surface area contributed by atoms with Crippen molar-refractivity contribution in [1.82, 2.24) is 4.98 Å². The van der Waals surface area contributed by atoms with Gasteiger partial charge in [0.05, 0.1) is 18.3 Å². The molecule has 1 aromatic rings. The highest BCUT2D eigenvalue weighted by Crippen LogP contribution is 2.11. The SMILES string of the molecule is CCCOCC(N)c1ncccc1F. The molecule has 1 atom stereocenters. The zero-order valence-electron chi connectivity index (χ0n) is 8.24. The minimum atomic E-state index is -0.484. The normalized spacial score (nSPS) is 12.8. The number of rotatable bonds is 5. The predicted octanol–water partition coefficient (Wildman–Crippen LogP) is 1.65. The molecule has 2 N–H and O–H groups in total. The van der Waals surface area contributed by atoms with E-state index in [1.165, 1.54) is 12.3 Å². The van der Waals surface area contributed by atoms with Crippen LogP contribution in [0.25, 0.3) is 0 Å². The molecular weight excluding hydrogens is 183 g/mol. The van der Waals surface area contributed by atoms with Crippen LogP contribution in [-0.4, -0.2) is 18.2 Å². The summed E-state index contributed by atoms with van der Waals surface area (Å²) < 4.78 is 18.4. The standard InChI is InChI=1S/C10H15FN2O/c1-2-6-14-7-9(12)10-8(11)4-3-5-13-10/h3-5,9H,2,6-7,12H2,1H3. The van der Waals surface area contributed by atoms with Crippen LogP contribution in [0, 0.1) is 5.82 Å². The first-order valence-corrected chi connectivity index (χ1v) is 4.69. The highest BCUT2D eigenvalue weighted by molar-refractivity contribution is 5.10. The van der Waals surface area contributed by atoms with Crippen LogP contribution in [0.3, 0.4) is 0 Å². The van der Waals surface area contributed by atoms with Crippen LogP contribution in [0.5, 0.6) is 0 Å². The summed E-state index contributed by atoms with van der Waals surface area (Å²) in [5, 5.41) is 0. The van der Waals surface area contributed by atoms with Crippen molar-refractivity contribution in [3.8, 4) is 0 Å². The van der Waals surface area contributed by atoms with Crippen molar-refractivity contribution in [2.45, 2.75) is 19.4 Å². The van der Waals surface area contributed by atoms with E-state index in [9.17, 15) is 4.39 Å². The maximum absolute atomic E-state index is 13.2. The van der Waals surface area contributed by atoms with Gasteiger partial charge in [0.15, 0.2) is 0 Å². The Bertz CT molecular complexity index is 281. The zero-order chi connectivity index (χ0) is 10.4. The number of nitrogens with two attached hydrogens (primary N) is 1. The third-order valence-electron chi connectivity index (χ3n) is 1.78. The molecule has 0 aromatic carbocycles. The number of hydrogen-bond acceptors (Lipinski definition) is 3. The molecule has 14 heavy (non-hydrogen) atoms. The van der Waals surface area contributed by atoms with Gasteiger partial charge in [0.25, 0.3) is 0 Å². The van der Waals surface area contributed by atoms with Crippen molar-refractivity contribution >= 4 is 0 Å². The molecule has 0 saturated heterocycles. The summed E-state index contributed by atoms with van der Waals surface area (Å²) in [6.07, 6.45) is 2.45. The Hall–Kier alpha value is -1.00. The van der Waals surface area contributed by atoms with Crippen LogP contribution in [0.2, 0.25) is 0 Å². The van der Waals surface area contributed by atoms with Gasteiger partial charge in [-0.05, 0) is 18.6 Å². The molecule has 0 spiro atoms. The van der Waals surface area contributed by atoms with Gasteiger partial charge in [0, 0.05) is 12.8 Å². The third kappa shape index (κ3) is 3.05. The topological polar surface area (TPSA) is 48.1 Å². The average Bonchev–Trinajstić information content (AvgIpc) is 2.18. The number of pyridine rings is 1. The largest absolute Gasteiger partial charge is 0.379 e. The lowest BCUT2D eigenvalue weighted by Crippen LogP contribution is -2.20. The van der Waals surface area contributed by atoms with Gasteiger partial charge in [0.1, 0.15) is 5.82 Å². The first-order chi connectivity index (χ1) is 6.75. The van der Waals surface area contributed by atoms with Gasteiger partial charge >= 0.3 is 0 Å². The van der Waals surface area contributed by atoms with E-state index in [4.69, 9.17) is 10.5 Å². The lowest BCUT2D eigenvalue weighted by molar-refractivity contribution is 0.120. The minimum absolute atomic E-state index is 0.267. The maximum Gasteiger partial charge on any atom is 0.146 e. The maximum atomic E-state index is 13.2. The summed E-state index contributed by atoms with van der Waals surface area (Å²) in [7, 11) is 0. The van der Waals surface area contributed by atoms with Crippen LogP contribution in [0.15, 0.2) is 18.3 Å². The summed E-state index contributed by atoms with van der Waals surface area (Å²) in [6, 6.07) is 2.41. The van der Waals surface area contributed by atoms with Gasteiger partial charge in [-0.3, -0.25) is 4.98 Å². The predicted molar refractivity (Wildman–Crippen MR) is 52.2 cm³/mol. The second kappa shape index (κ2) is 5.67. The molecule has 0 aliphatic rings. The molecule has 0 bridgehead atoms. The summed E-state index contributed by atoms with van der Waals surface area (Å²) in [5.74, 6) is -0.375. The highest BCUT2D eigenvalue weighted by atomic mass is 19.1. The second-order valence-corrected chi connectivity index (χ2v) is 3.05. The fourth-order valence-corrected chi connectivity index (χ4v) is 1.10. The van der Waals surface area contributed by atoms with Crippen molar-refractivity contribution in [3.63, 3.8) is 0 Å². The van der Waals surface area contributed by atoms with Crippen LogP contribution < -0.4 is 5.73 Å². The summed E-state index contributed by atoms with van der Waals surface area (Å²) in [4.78, 5) is 3.88. The van der Waals surface area contributed by atoms with Crippen LogP contribution in [0.4, 0.5) is 4.39 Å². The number of halogens is 1. The number of nitrogens with zero attached hydrogens (tertiary/aromatic N) is 1.